The van der Waals surface area contributed by atoms with Gasteiger partial charge in [-0.3, -0.25) is 0 Å². The van der Waals surface area contributed by atoms with Gasteiger partial charge in [0.15, 0.2) is 5.96 Å². The Hall–Kier alpha value is -0.730. The maximum atomic E-state index is 6.09. The Morgan fingerprint density at radius 2 is 2.31 bits per heavy atom. The monoisotopic (exact) mass is 223 g/mol. The number of likely N-dealkylation sites (tertiary alicyclic amines) is 1. The van der Waals surface area contributed by atoms with Crippen LogP contribution in [0.3, 0.4) is 0 Å². The van der Waals surface area contributed by atoms with Crippen molar-refractivity contribution in [1.29, 1.82) is 0 Å². The van der Waals surface area contributed by atoms with E-state index in [1.54, 1.807) is 0 Å². The molecule has 16 heavy (non-hydrogen) atoms. The highest BCUT2D eigenvalue weighted by atomic mass is 15.3. The molecule has 1 saturated carbocycles. The lowest BCUT2D eigenvalue weighted by atomic mass is 10.0. The molecule has 1 aliphatic carbocycles. The molecule has 0 spiro atoms. The first-order valence-corrected chi connectivity index (χ1v) is 6.79. The molecule has 2 fully saturated rings. The van der Waals surface area contributed by atoms with Crippen LogP contribution in [0.15, 0.2) is 4.99 Å². The molecule has 0 radical (unpaired) electrons. The van der Waals surface area contributed by atoms with Crippen LogP contribution < -0.4 is 5.73 Å². The molecule has 1 saturated heterocycles. The Labute approximate surface area is 99.1 Å². The molecule has 0 bridgehead atoms. The van der Waals surface area contributed by atoms with Gasteiger partial charge in [-0.05, 0) is 37.5 Å². The van der Waals surface area contributed by atoms with Crippen molar-refractivity contribution < 1.29 is 0 Å². The van der Waals surface area contributed by atoms with E-state index < -0.39 is 0 Å². The van der Waals surface area contributed by atoms with Gasteiger partial charge in [0.25, 0.3) is 0 Å². The van der Waals surface area contributed by atoms with Crippen LogP contribution in [0.2, 0.25) is 0 Å². The molecule has 2 aliphatic rings. The minimum atomic E-state index is 0.539. The summed E-state index contributed by atoms with van der Waals surface area (Å²) in [6.45, 7) is 6.75. The quantitative estimate of drug-likeness (QED) is 0.589. The highest BCUT2D eigenvalue weighted by Crippen LogP contribution is 2.37. The summed E-state index contributed by atoms with van der Waals surface area (Å²) in [7, 11) is 0. The van der Waals surface area contributed by atoms with Crippen molar-refractivity contribution in [3.63, 3.8) is 0 Å². The number of hydrogen-bond acceptors (Lipinski definition) is 1. The van der Waals surface area contributed by atoms with E-state index in [1.165, 1.54) is 32.1 Å². The van der Waals surface area contributed by atoms with Gasteiger partial charge in [-0.1, -0.05) is 20.3 Å². The lowest BCUT2D eigenvalue weighted by molar-refractivity contribution is 0.270. The van der Waals surface area contributed by atoms with Gasteiger partial charge in [0.05, 0.1) is 6.04 Å². The van der Waals surface area contributed by atoms with Crippen LogP contribution in [-0.4, -0.2) is 30.0 Å². The van der Waals surface area contributed by atoms with Crippen LogP contribution >= 0.6 is 0 Å². The zero-order valence-corrected chi connectivity index (χ0v) is 10.7. The first-order chi connectivity index (χ1) is 7.70. The number of piperidine rings is 1. The number of nitrogens with zero attached hydrogens (tertiary/aromatic N) is 2. The molecule has 0 aromatic rings. The van der Waals surface area contributed by atoms with Crippen LogP contribution in [-0.2, 0) is 0 Å². The SMILES string of the molecule is CCCC1CC1N=C(N)N1CCCC(C)C1. The van der Waals surface area contributed by atoms with Crippen LogP contribution in [0.1, 0.15) is 46.0 Å². The van der Waals surface area contributed by atoms with Crippen LogP contribution in [0.4, 0.5) is 0 Å². The van der Waals surface area contributed by atoms with Gasteiger partial charge in [0.1, 0.15) is 0 Å². The number of hydrogen-bond donors (Lipinski definition) is 1. The Kier molecular flexibility index (Phi) is 3.72. The third-order valence-electron chi connectivity index (χ3n) is 3.82. The maximum Gasteiger partial charge on any atom is 0.191 e. The molecule has 3 atom stereocenters. The van der Waals surface area contributed by atoms with Gasteiger partial charge in [-0.25, -0.2) is 4.99 Å². The number of guanidine groups is 1. The first kappa shape index (κ1) is 11.7. The van der Waals surface area contributed by atoms with Crippen LogP contribution in [0.5, 0.6) is 0 Å². The third kappa shape index (κ3) is 2.89. The summed E-state index contributed by atoms with van der Waals surface area (Å²) in [4.78, 5) is 6.94. The highest BCUT2D eigenvalue weighted by molar-refractivity contribution is 5.78. The summed E-state index contributed by atoms with van der Waals surface area (Å²) in [5, 5.41) is 0. The van der Waals surface area contributed by atoms with E-state index in [0.29, 0.717) is 6.04 Å². The summed E-state index contributed by atoms with van der Waals surface area (Å²) < 4.78 is 0. The summed E-state index contributed by atoms with van der Waals surface area (Å²) in [5.74, 6) is 2.40. The highest BCUT2D eigenvalue weighted by Gasteiger charge is 2.36. The minimum Gasteiger partial charge on any atom is -0.370 e. The topological polar surface area (TPSA) is 41.6 Å². The van der Waals surface area contributed by atoms with Crippen molar-refractivity contribution >= 4 is 5.96 Å². The van der Waals surface area contributed by atoms with Crippen molar-refractivity contribution in [1.82, 2.24) is 4.90 Å². The molecular formula is C13H25N3. The normalized spacial score (nSPS) is 35.2. The zero-order chi connectivity index (χ0) is 11.5. The molecule has 1 aliphatic heterocycles. The van der Waals surface area contributed by atoms with Gasteiger partial charge in [-0.15, -0.1) is 0 Å². The van der Waals surface area contributed by atoms with E-state index in [0.717, 1.165) is 30.9 Å². The molecular weight excluding hydrogens is 198 g/mol. The lowest BCUT2D eigenvalue weighted by Crippen LogP contribution is -2.43. The van der Waals surface area contributed by atoms with E-state index in [-0.39, 0.29) is 0 Å². The molecule has 0 amide bonds. The van der Waals surface area contributed by atoms with Crippen molar-refractivity contribution in [3.05, 3.63) is 0 Å². The predicted molar refractivity (Wildman–Crippen MR) is 68.4 cm³/mol. The molecule has 3 heteroatoms. The molecule has 0 aromatic heterocycles. The molecule has 2 N–H and O–H groups in total. The molecule has 3 unspecified atom stereocenters. The fourth-order valence-corrected chi connectivity index (χ4v) is 2.72. The van der Waals surface area contributed by atoms with E-state index in [1.807, 2.05) is 0 Å². The number of rotatable bonds is 3. The fraction of sp³-hybridized carbons (Fsp3) is 0.923. The largest absolute Gasteiger partial charge is 0.370 e. The Morgan fingerprint density at radius 1 is 1.50 bits per heavy atom. The Balaban J connectivity index is 1.82. The van der Waals surface area contributed by atoms with E-state index in [9.17, 15) is 0 Å². The maximum absolute atomic E-state index is 6.09. The van der Waals surface area contributed by atoms with Gasteiger partial charge >= 0.3 is 0 Å². The molecule has 1 heterocycles. The van der Waals surface area contributed by atoms with Crippen LogP contribution in [0.25, 0.3) is 0 Å². The van der Waals surface area contributed by atoms with Crippen molar-refractivity contribution in [2.75, 3.05) is 13.1 Å². The van der Waals surface area contributed by atoms with Crippen LogP contribution in [0, 0.1) is 11.8 Å². The average Bonchev–Trinajstić information content (AvgIpc) is 2.97. The molecule has 2 rings (SSSR count). The van der Waals surface area contributed by atoms with Gasteiger partial charge < -0.3 is 10.6 Å². The van der Waals surface area contributed by atoms with Crippen molar-refractivity contribution in [2.45, 2.75) is 52.0 Å². The summed E-state index contributed by atoms with van der Waals surface area (Å²) >= 11 is 0. The second-order valence-corrected chi connectivity index (χ2v) is 5.53. The Bertz CT molecular complexity index is 262. The standard InChI is InChI=1S/C13H25N3/c1-3-5-11-8-12(11)15-13(14)16-7-4-6-10(2)9-16/h10-12H,3-9H2,1-2H3,(H2,14,15). The van der Waals surface area contributed by atoms with E-state index >= 15 is 0 Å². The Morgan fingerprint density at radius 3 is 3.00 bits per heavy atom. The van der Waals surface area contributed by atoms with Gasteiger partial charge in [0, 0.05) is 13.1 Å². The molecule has 3 nitrogen and oxygen atoms in total. The number of nitrogens with two attached hydrogens (primary N) is 1. The van der Waals surface area contributed by atoms with Crippen molar-refractivity contribution in [2.24, 2.45) is 22.6 Å². The van der Waals surface area contributed by atoms with Crippen molar-refractivity contribution in [3.8, 4) is 0 Å². The van der Waals surface area contributed by atoms with E-state index in [4.69, 9.17) is 5.73 Å². The predicted octanol–water partition coefficient (Wildman–Crippen LogP) is 2.22. The first-order valence-electron chi connectivity index (χ1n) is 6.79. The smallest absolute Gasteiger partial charge is 0.191 e. The van der Waals surface area contributed by atoms with Gasteiger partial charge in [-0.2, -0.15) is 0 Å². The second kappa shape index (κ2) is 5.07. The lowest BCUT2D eigenvalue weighted by Gasteiger charge is -2.31. The minimum absolute atomic E-state index is 0.539. The average molecular weight is 223 g/mol. The molecule has 92 valence electrons. The van der Waals surface area contributed by atoms with Gasteiger partial charge in [0.2, 0.25) is 0 Å². The molecule has 0 aromatic carbocycles. The second-order valence-electron chi connectivity index (χ2n) is 5.53. The number of aliphatic imine (C=N–C) groups is 1. The summed E-state index contributed by atoms with van der Waals surface area (Å²) in [6.07, 6.45) is 6.46. The van der Waals surface area contributed by atoms with E-state index in [2.05, 4.69) is 23.7 Å². The zero-order valence-electron chi connectivity index (χ0n) is 10.7. The summed E-state index contributed by atoms with van der Waals surface area (Å²) in [5.41, 5.74) is 6.09. The third-order valence-corrected chi connectivity index (χ3v) is 3.82. The fourth-order valence-electron chi connectivity index (χ4n) is 2.72. The summed E-state index contributed by atoms with van der Waals surface area (Å²) in [6, 6.07) is 0.539.